The van der Waals surface area contributed by atoms with Crippen LogP contribution in [0.4, 0.5) is 5.82 Å². The summed E-state index contributed by atoms with van der Waals surface area (Å²) in [4.78, 5) is 0. The fraction of sp³-hybridized carbons (Fsp3) is 0.286. The molecule has 0 aliphatic carbocycles. The lowest BCUT2D eigenvalue weighted by atomic mass is 10.1. The van der Waals surface area contributed by atoms with Gasteiger partial charge in [0.25, 0.3) is 0 Å². The third-order valence-corrected chi connectivity index (χ3v) is 4.24. The van der Waals surface area contributed by atoms with Gasteiger partial charge in [0.1, 0.15) is 0 Å². The molecule has 98 valence electrons. The van der Waals surface area contributed by atoms with Crippen LogP contribution in [0.15, 0.2) is 29.6 Å². The molecule has 0 spiro atoms. The van der Waals surface area contributed by atoms with Crippen LogP contribution in [0.25, 0.3) is 10.1 Å². The lowest BCUT2D eigenvalue weighted by Crippen LogP contribution is -2.08. The highest BCUT2D eigenvalue weighted by Gasteiger charge is 2.15. The molecule has 0 fully saturated rings. The molecule has 0 radical (unpaired) electrons. The number of hydrogen-bond donors (Lipinski definition) is 1. The van der Waals surface area contributed by atoms with Crippen molar-refractivity contribution in [3.8, 4) is 0 Å². The van der Waals surface area contributed by atoms with Crippen molar-refractivity contribution in [2.24, 2.45) is 0 Å². The van der Waals surface area contributed by atoms with Crippen LogP contribution in [0, 0.1) is 0 Å². The van der Waals surface area contributed by atoms with Gasteiger partial charge in [-0.25, -0.2) is 4.68 Å². The monoisotopic (exact) mass is 272 g/mol. The molecule has 1 aromatic carbocycles. The van der Waals surface area contributed by atoms with E-state index in [-0.39, 0.29) is 0 Å². The molecule has 0 saturated carbocycles. The van der Waals surface area contributed by atoms with E-state index in [0.717, 1.165) is 12.2 Å². The predicted molar refractivity (Wildman–Crippen MR) is 79.5 cm³/mol. The van der Waals surface area contributed by atoms with Crippen LogP contribution in [0.2, 0.25) is 0 Å². The van der Waals surface area contributed by atoms with E-state index in [1.54, 1.807) is 11.3 Å². The van der Waals surface area contributed by atoms with E-state index in [1.807, 2.05) is 4.68 Å². The maximum atomic E-state index is 5.89. The third kappa shape index (κ3) is 2.10. The molecule has 2 N–H and O–H groups in total. The van der Waals surface area contributed by atoms with Gasteiger partial charge in [-0.2, -0.15) is 0 Å². The average Bonchev–Trinajstić information content (AvgIpc) is 2.95. The Hall–Kier alpha value is -1.88. The molecule has 2 heterocycles. The van der Waals surface area contributed by atoms with Gasteiger partial charge in [0.2, 0.25) is 0 Å². The predicted octanol–water partition coefficient (Wildman–Crippen LogP) is 3.25. The zero-order valence-corrected chi connectivity index (χ0v) is 11.8. The number of rotatable bonds is 3. The minimum absolute atomic E-state index is 0.319. The molecule has 0 atom stereocenters. The Labute approximate surface area is 115 Å². The van der Waals surface area contributed by atoms with E-state index in [4.69, 9.17) is 5.73 Å². The van der Waals surface area contributed by atoms with Crippen LogP contribution in [-0.4, -0.2) is 15.0 Å². The number of hydrogen-bond acceptors (Lipinski definition) is 4. The van der Waals surface area contributed by atoms with Gasteiger partial charge in [0.05, 0.1) is 12.2 Å². The Morgan fingerprint density at radius 1 is 1.32 bits per heavy atom. The Morgan fingerprint density at radius 2 is 2.11 bits per heavy atom. The van der Waals surface area contributed by atoms with Gasteiger partial charge in [0.15, 0.2) is 5.82 Å². The van der Waals surface area contributed by atoms with Crippen molar-refractivity contribution in [2.45, 2.75) is 26.3 Å². The Morgan fingerprint density at radius 3 is 2.89 bits per heavy atom. The van der Waals surface area contributed by atoms with Crippen LogP contribution < -0.4 is 5.73 Å². The van der Waals surface area contributed by atoms with E-state index < -0.39 is 0 Å². The fourth-order valence-corrected chi connectivity index (χ4v) is 3.31. The van der Waals surface area contributed by atoms with Gasteiger partial charge in [-0.15, -0.1) is 16.4 Å². The quantitative estimate of drug-likeness (QED) is 0.796. The van der Waals surface area contributed by atoms with Crippen LogP contribution in [-0.2, 0) is 6.54 Å². The first kappa shape index (κ1) is 12.2. The number of anilines is 1. The van der Waals surface area contributed by atoms with E-state index in [0.29, 0.717) is 11.7 Å². The van der Waals surface area contributed by atoms with Gasteiger partial charge in [0, 0.05) is 4.70 Å². The number of nitrogen functional groups attached to an aromatic ring is 1. The Bertz CT molecular complexity index is 711. The molecular formula is C14H16N4S. The maximum absolute atomic E-state index is 5.89. The van der Waals surface area contributed by atoms with Crippen molar-refractivity contribution >= 4 is 27.2 Å². The minimum Gasteiger partial charge on any atom is -0.381 e. The number of benzene rings is 1. The van der Waals surface area contributed by atoms with E-state index >= 15 is 0 Å². The molecular weight excluding hydrogens is 256 g/mol. The molecule has 0 aliphatic rings. The standard InChI is InChI=1S/C14H16N4S/c1-9(2)13-14(15)16-17-18(13)7-10-8-19-12-6-4-3-5-11(10)12/h3-6,8-9H,7,15H2,1-2H3. The molecule has 5 heteroatoms. The van der Waals surface area contributed by atoms with Crippen LogP contribution in [0.1, 0.15) is 31.0 Å². The zero-order chi connectivity index (χ0) is 13.4. The SMILES string of the molecule is CC(C)c1c(N)nnn1Cc1csc2ccccc12. The Balaban J connectivity index is 2.02. The first-order valence-electron chi connectivity index (χ1n) is 6.30. The number of thiophene rings is 1. The van der Waals surface area contributed by atoms with Crippen molar-refractivity contribution in [1.29, 1.82) is 0 Å². The summed E-state index contributed by atoms with van der Waals surface area (Å²) < 4.78 is 3.21. The van der Waals surface area contributed by atoms with Crippen molar-refractivity contribution in [2.75, 3.05) is 5.73 Å². The number of nitrogens with zero attached hydrogens (tertiary/aromatic N) is 3. The summed E-state index contributed by atoms with van der Waals surface area (Å²) in [6.45, 7) is 4.94. The van der Waals surface area contributed by atoms with Gasteiger partial charge >= 0.3 is 0 Å². The zero-order valence-electron chi connectivity index (χ0n) is 11.0. The van der Waals surface area contributed by atoms with Gasteiger partial charge in [-0.05, 0) is 28.3 Å². The van der Waals surface area contributed by atoms with Crippen molar-refractivity contribution in [3.63, 3.8) is 0 Å². The van der Waals surface area contributed by atoms with Crippen molar-refractivity contribution < 1.29 is 0 Å². The second-order valence-corrected chi connectivity index (χ2v) is 5.84. The van der Waals surface area contributed by atoms with Gasteiger partial charge in [-0.1, -0.05) is 37.3 Å². The molecule has 0 aliphatic heterocycles. The summed E-state index contributed by atoms with van der Waals surface area (Å²) in [6, 6.07) is 8.42. The lowest BCUT2D eigenvalue weighted by Gasteiger charge is -2.09. The number of nitrogens with two attached hydrogens (primary N) is 1. The first-order valence-corrected chi connectivity index (χ1v) is 7.18. The van der Waals surface area contributed by atoms with E-state index in [1.165, 1.54) is 15.6 Å². The molecule has 4 nitrogen and oxygen atoms in total. The van der Waals surface area contributed by atoms with Crippen molar-refractivity contribution in [1.82, 2.24) is 15.0 Å². The highest BCUT2D eigenvalue weighted by Crippen LogP contribution is 2.27. The largest absolute Gasteiger partial charge is 0.381 e. The highest BCUT2D eigenvalue weighted by molar-refractivity contribution is 7.17. The van der Waals surface area contributed by atoms with E-state index in [9.17, 15) is 0 Å². The van der Waals surface area contributed by atoms with Crippen molar-refractivity contribution in [3.05, 3.63) is 40.9 Å². The summed E-state index contributed by atoms with van der Waals surface area (Å²) in [5.74, 6) is 0.856. The highest BCUT2D eigenvalue weighted by atomic mass is 32.1. The fourth-order valence-electron chi connectivity index (χ4n) is 2.36. The van der Waals surface area contributed by atoms with Gasteiger partial charge < -0.3 is 5.73 Å². The second kappa shape index (κ2) is 4.66. The number of aromatic nitrogens is 3. The first-order chi connectivity index (χ1) is 9.16. The lowest BCUT2D eigenvalue weighted by molar-refractivity contribution is 0.601. The molecule has 2 aromatic heterocycles. The molecule has 0 amide bonds. The summed E-state index contributed by atoms with van der Waals surface area (Å²) >= 11 is 1.76. The smallest absolute Gasteiger partial charge is 0.169 e. The summed E-state index contributed by atoms with van der Waals surface area (Å²) in [5, 5.41) is 11.6. The van der Waals surface area contributed by atoms with Gasteiger partial charge in [-0.3, -0.25) is 0 Å². The summed E-state index contributed by atoms with van der Waals surface area (Å²) in [5.41, 5.74) is 8.17. The van der Waals surface area contributed by atoms with Crippen LogP contribution in [0.5, 0.6) is 0 Å². The minimum atomic E-state index is 0.319. The molecule has 0 bridgehead atoms. The number of fused-ring (bicyclic) bond motifs is 1. The summed E-state index contributed by atoms with van der Waals surface area (Å²) in [6.07, 6.45) is 0. The average molecular weight is 272 g/mol. The second-order valence-electron chi connectivity index (χ2n) is 4.93. The summed E-state index contributed by atoms with van der Waals surface area (Å²) in [7, 11) is 0. The van der Waals surface area contributed by atoms with E-state index in [2.05, 4.69) is 53.8 Å². The Kier molecular flexibility index (Phi) is 2.98. The molecule has 3 rings (SSSR count). The molecule has 0 saturated heterocycles. The van der Waals surface area contributed by atoms with Crippen LogP contribution >= 0.6 is 11.3 Å². The maximum Gasteiger partial charge on any atom is 0.169 e. The topological polar surface area (TPSA) is 56.7 Å². The molecule has 3 aromatic rings. The molecule has 19 heavy (non-hydrogen) atoms. The third-order valence-electron chi connectivity index (χ3n) is 3.23. The molecule has 0 unspecified atom stereocenters. The van der Waals surface area contributed by atoms with Crippen LogP contribution in [0.3, 0.4) is 0 Å². The normalized spacial score (nSPS) is 11.5.